The summed E-state index contributed by atoms with van der Waals surface area (Å²) in [5.41, 5.74) is -0.947. The molecule has 0 amide bonds. The van der Waals surface area contributed by atoms with Crippen LogP contribution in [0.4, 0.5) is 19.0 Å². The first-order valence-electron chi connectivity index (χ1n) is 7.77. The van der Waals surface area contributed by atoms with Crippen LogP contribution < -0.4 is 4.90 Å². The highest BCUT2D eigenvalue weighted by atomic mass is 19.4. The van der Waals surface area contributed by atoms with Gasteiger partial charge in [-0.1, -0.05) is 0 Å². The number of aliphatic hydroxyl groups is 1. The highest BCUT2D eigenvalue weighted by Crippen LogP contribution is 2.39. The van der Waals surface area contributed by atoms with Gasteiger partial charge < -0.3 is 10.0 Å². The van der Waals surface area contributed by atoms with Crippen LogP contribution in [0.2, 0.25) is 0 Å². The van der Waals surface area contributed by atoms with Crippen LogP contribution in [0.5, 0.6) is 0 Å². The molecule has 0 unspecified atom stereocenters. The van der Waals surface area contributed by atoms with Crippen molar-refractivity contribution in [3.05, 3.63) is 29.6 Å². The van der Waals surface area contributed by atoms with Crippen LogP contribution in [0.3, 0.4) is 0 Å². The number of rotatable bonds is 4. The normalized spacial score (nSPS) is 17.3. The van der Waals surface area contributed by atoms with Gasteiger partial charge in [0, 0.05) is 24.3 Å². The van der Waals surface area contributed by atoms with Gasteiger partial charge in [0.25, 0.3) is 0 Å². The van der Waals surface area contributed by atoms with Crippen LogP contribution in [0.25, 0.3) is 11.3 Å². The third kappa shape index (κ3) is 3.17. The molecule has 1 atom stereocenters. The smallest absolute Gasteiger partial charge is 0.394 e. The van der Waals surface area contributed by atoms with Gasteiger partial charge in [-0.05, 0) is 19.4 Å². The molecular formula is C16H16F3N5O. The van der Waals surface area contributed by atoms with Gasteiger partial charge in [0.1, 0.15) is 17.5 Å². The largest absolute Gasteiger partial charge is 0.417 e. The lowest BCUT2D eigenvalue weighted by Gasteiger charge is -2.40. The van der Waals surface area contributed by atoms with Crippen LogP contribution in [0, 0.1) is 11.3 Å². The predicted molar refractivity (Wildman–Crippen MR) is 83.7 cm³/mol. The molecule has 2 aromatic rings. The quantitative estimate of drug-likeness (QED) is 0.915. The van der Waals surface area contributed by atoms with Gasteiger partial charge in [0.2, 0.25) is 0 Å². The number of nitriles is 1. The molecule has 1 saturated heterocycles. The second kappa shape index (κ2) is 6.37. The Kier molecular flexibility index (Phi) is 4.39. The van der Waals surface area contributed by atoms with Crippen LogP contribution in [-0.2, 0) is 12.7 Å². The van der Waals surface area contributed by atoms with Gasteiger partial charge in [0.05, 0.1) is 30.6 Å². The van der Waals surface area contributed by atoms with Gasteiger partial charge in [-0.3, -0.25) is 4.68 Å². The second-order valence-corrected chi connectivity index (χ2v) is 5.91. The first kappa shape index (κ1) is 17.2. The van der Waals surface area contributed by atoms with Gasteiger partial charge in [0.15, 0.2) is 0 Å². The predicted octanol–water partition coefficient (Wildman–Crippen LogP) is 2.43. The minimum atomic E-state index is -4.66. The van der Waals surface area contributed by atoms with E-state index >= 15 is 0 Å². The average molecular weight is 351 g/mol. The van der Waals surface area contributed by atoms with E-state index in [1.807, 2.05) is 6.92 Å². The minimum absolute atomic E-state index is 0.0352. The highest BCUT2D eigenvalue weighted by Gasteiger charge is 2.38. The van der Waals surface area contributed by atoms with Crippen molar-refractivity contribution in [2.24, 2.45) is 0 Å². The molecule has 0 bridgehead atoms. The Balaban J connectivity index is 2.15. The zero-order chi connectivity index (χ0) is 18.2. The van der Waals surface area contributed by atoms with Gasteiger partial charge >= 0.3 is 6.18 Å². The molecule has 0 saturated carbocycles. The minimum Gasteiger partial charge on any atom is -0.394 e. The van der Waals surface area contributed by atoms with E-state index in [1.54, 1.807) is 11.0 Å². The standard InChI is InChI=1S/C16H16F3N5O/c1-10-2-3-24(10)15-12(7-20)13(16(17,18)19)6-14(22-15)11-8-21-23(9-11)4-5-25/h6,8-10,25H,2-5H2,1H3/t10-/m0/s1. The molecule has 0 spiro atoms. The summed E-state index contributed by atoms with van der Waals surface area (Å²) in [6.45, 7) is 2.55. The number of hydrogen-bond donors (Lipinski definition) is 1. The van der Waals surface area contributed by atoms with Crippen molar-refractivity contribution in [3.8, 4) is 17.3 Å². The number of hydrogen-bond acceptors (Lipinski definition) is 5. The molecule has 0 aromatic carbocycles. The molecule has 1 aliphatic rings. The number of pyridine rings is 1. The van der Waals surface area contributed by atoms with E-state index in [9.17, 15) is 18.4 Å². The first-order chi connectivity index (χ1) is 11.8. The molecule has 3 rings (SSSR count). The Labute approximate surface area is 142 Å². The molecule has 3 heterocycles. The van der Waals surface area contributed by atoms with Crippen molar-refractivity contribution in [3.63, 3.8) is 0 Å². The summed E-state index contributed by atoms with van der Waals surface area (Å²) in [5, 5.41) is 22.2. The highest BCUT2D eigenvalue weighted by molar-refractivity contribution is 5.68. The average Bonchev–Trinajstić information content (AvgIpc) is 3.01. The molecule has 0 aliphatic carbocycles. The summed E-state index contributed by atoms with van der Waals surface area (Å²) in [6, 6.07) is 2.58. The third-order valence-electron chi connectivity index (χ3n) is 4.27. The van der Waals surface area contributed by atoms with E-state index in [4.69, 9.17) is 5.11 Å². The SMILES string of the molecule is C[C@H]1CCN1c1nc(-c2cnn(CCO)c2)cc(C(F)(F)F)c1C#N. The zero-order valence-electron chi connectivity index (χ0n) is 13.5. The Morgan fingerprint density at radius 3 is 2.72 bits per heavy atom. The number of anilines is 1. The van der Waals surface area contributed by atoms with E-state index in [2.05, 4.69) is 10.1 Å². The topological polar surface area (TPSA) is 78.0 Å². The Hall–Kier alpha value is -2.60. The molecule has 6 nitrogen and oxygen atoms in total. The Bertz CT molecular complexity index is 824. The molecule has 1 N–H and O–H groups in total. The fourth-order valence-corrected chi connectivity index (χ4v) is 2.77. The molecule has 0 radical (unpaired) electrons. The zero-order valence-corrected chi connectivity index (χ0v) is 13.5. The van der Waals surface area contributed by atoms with E-state index in [1.165, 1.54) is 17.1 Å². The summed E-state index contributed by atoms with van der Waals surface area (Å²) in [4.78, 5) is 6.03. The lowest BCUT2D eigenvalue weighted by molar-refractivity contribution is -0.137. The Morgan fingerprint density at radius 2 is 2.20 bits per heavy atom. The number of aliphatic hydroxyl groups excluding tert-OH is 1. The lowest BCUT2D eigenvalue weighted by Crippen LogP contribution is -2.46. The number of halogens is 3. The molecule has 1 aliphatic heterocycles. The summed E-state index contributed by atoms with van der Waals surface area (Å²) in [6.07, 6.45) is -0.902. The van der Waals surface area contributed by atoms with Crippen LogP contribution in [0.1, 0.15) is 24.5 Å². The first-order valence-corrected chi connectivity index (χ1v) is 7.77. The summed E-state index contributed by atoms with van der Waals surface area (Å²) < 4.78 is 41.8. The molecular weight excluding hydrogens is 335 g/mol. The summed E-state index contributed by atoms with van der Waals surface area (Å²) in [5.74, 6) is 0.0565. The maximum Gasteiger partial charge on any atom is 0.417 e. The van der Waals surface area contributed by atoms with E-state index in [0.29, 0.717) is 12.1 Å². The summed E-state index contributed by atoms with van der Waals surface area (Å²) in [7, 11) is 0. The Morgan fingerprint density at radius 1 is 1.44 bits per heavy atom. The van der Waals surface area contributed by atoms with Crippen molar-refractivity contribution in [1.29, 1.82) is 5.26 Å². The van der Waals surface area contributed by atoms with Gasteiger partial charge in [-0.15, -0.1) is 0 Å². The van der Waals surface area contributed by atoms with Crippen LogP contribution >= 0.6 is 0 Å². The molecule has 25 heavy (non-hydrogen) atoms. The maximum atomic E-state index is 13.5. The summed E-state index contributed by atoms with van der Waals surface area (Å²) >= 11 is 0. The number of aromatic nitrogens is 3. The molecule has 132 valence electrons. The van der Waals surface area contributed by atoms with Crippen molar-refractivity contribution < 1.29 is 18.3 Å². The maximum absolute atomic E-state index is 13.5. The molecule has 9 heteroatoms. The van der Waals surface area contributed by atoms with E-state index in [0.717, 1.165) is 12.5 Å². The second-order valence-electron chi connectivity index (χ2n) is 5.91. The van der Waals surface area contributed by atoms with Crippen LogP contribution in [-0.4, -0.2) is 39.1 Å². The lowest BCUT2D eigenvalue weighted by atomic mass is 10.0. The van der Waals surface area contributed by atoms with E-state index < -0.39 is 17.3 Å². The van der Waals surface area contributed by atoms with Crippen molar-refractivity contribution in [2.45, 2.75) is 32.1 Å². The van der Waals surface area contributed by atoms with Gasteiger partial charge in [-0.2, -0.15) is 23.5 Å². The molecule has 1 fully saturated rings. The van der Waals surface area contributed by atoms with Gasteiger partial charge in [-0.25, -0.2) is 4.98 Å². The number of nitrogens with zero attached hydrogens (tertiary/aromatic N) is 5. The fourth-order valence-electron chi connectivity index (χ4n) is 2.77. The van der Waals surface area contributed by atoms with Crippen molar-refractivity contribution >= 4 is 5.82 Å². The van der Waals surface area contributed by atoms with Crippen molar-refractivity contribution in [2.75, 3.05) is 18.1 Å². The fraction of sp³-hybridized carbons (Fsp3) is 0.438. The van der Waals surface area contributed by atoms with E-state index in [-0.39, 0.29) is 30.7 Å². The van der Waals surface area contributed by atoms with Crippen LogP contribution in [0.15, 0.2) is 18.5 Å². The number of alkyl halides is 3. The monoisotopic (exact) mass is 351 g/mol. The third-order valence-corrected chi connectivity index (χ3v) is 4.27. The molecule has 2 aromatic heterocycles. The van der Waals surface area contributed by atoms with Crippen molar-refractivity contribution in [1.82, 2.24) is 14.8 Å².